The lowest BCUT2D eigenvalue weighted by Crippen LogP contribution is -2.10. The summed E-state index contributed by atoms with van der Waals surface area (Å²) in [4.78, 5) is 4.68. The molecular formula is C52H38N2. The summed E-state index contributed by atoms with van der Waals surface area (Å²) in [7, 11) is 0. The van der Waals surface area contributed by atoms with E-state index in [1.165, 1.54) is 32.7 Å². The van der Waals surface area contributed by atoms with E-state index < -0.39 is 0 Å². The summed E-state index contributed by atoms with van der Waals surface area (Å²) in [6.07, 6.45) is 4.37. The first-order valence-electron chi connectivity index (χ1n) is 18.4. The molecule has 0 unspecified atom stereocenters. The fourth-order valence-electron chi connectivity index (χ4n) is 7.33. The summed E-state index contributed by atoms with van der Waals surface area (Å²) in [6.45, 7) is 0. The van der Waals surface area contributed by atoms with Crippen LogP contribution in [0.3, 0.4) is 0 Å². The van der Waals surface area contributed by atoms with Crippen molar-refractivity contribution in [1.82, 2.24) is 0 Å². The van der Waals surface area contributed by atoms with E-state index in [9.17, 15) is 0 Å². The van der Waals surface area contributed by atoms with Gasteiger partial charge in [0.05, 0.1) is 11.4 Å². The molecule has 0 N–H and O–H groups in total. The van der Waals surface area contributed by atoms with Gasteiger partial charge in [0.2, 0.25) is 0 Å². The molecule has 0 spiro atoms. The van der Waals surface area contributed by atoms with Crippen LogP contribution in [0.15, 0.2) is 218 Å². The average Bonchev–Trinajstić information content (AvgIpc) is 3.25. The zero-order valence-corrected chi connectivity index (χ0v) is 29.8. The van der Waals surface area contributed by atoms with Gasteiger partial charge >= 0.3 is 0 Å². The fraction of sp³-hybridized carbons (Fsp3) is 0. The maximum atomic E-state index is 2.34. The molecule has 2 nitrogen and oxygen atoms in total. The van der Waals surface area contributed by atoms with Gasteiger partial charge in [-0.1, -0.05) is 170 Å². The Labute approximate surface area is 317 Å². The Hall–Kier alpha value is -7.16. The molecule has 0 aliphatic rings. The van der Waals surface area contributed by atoms with Crippen LogP contribution in [0, 0.1) is 0 Å². The lowest BCUT2D eigenvalue weighted by molar-refractivity contribution is 1.30. The van der Waals surface area contributed by atoms with E-state index in [4.69, 9.17) is 0 Å². The van der Waals surface area contributed by atoms with Crippen molar-refractivity contribution in [3.05, 3.63) is 230 Å². The van der Waals surface area contributed by atoms with Gasteiger partial charge in [0.25, 0.3) is 0 Å². The first kappa shape index (κ1) is 32.7. The first-order valence-corrected chi connectivity index (χ1v) is 18.4. The second-order valence-corrected chi connectivity index (χ2v) is 13.4. The summed E-state index contributed by atoms with van der Waals surface area (Å²) in [6, 6.07) is 77.9. The normalized spacial score (nSPS) is 11.3. The second kappa shape index (κ2) is 14.8. The topological polar surface area (TPSA) is 6.48 Å². The number of para-hydroxylation sites is 2. The van der Waals surface area contributed by atoms with Crippen LogP contribution in [0.5, 0.6) is 0 Å². The summed E-state index contributed by atoms with van der Waals surface area (Å²) < 4.78 is 0. The second-order valence-electron chi connectivity index (χ2n) is 13.4. The minimum Gasteiger partial charge on any atom is -0.310 e. The highest BCUT2D eigenvalue weighted by Crippen LogP contribution is 2.40. The molecule has 0 saturated carbocycles. The van der Waals surface area contributed by atoms with E-state index in [1.807, 2.05) is 0 Å². The highest BCUT2D eigenvalue weighted by atomic mass is 15.1. The van der Waals surface area contributed by atoms with Gasteiger partial charge in [-0.25, -0.2) is 0 Å². The fourth-order valence-corrected chi connectivity index (χ4v) is 7.33. The zero-order valence-electron chi connectivity index (χ0n) is 29.8. The van der Waals surface area contributed by atoms with E-state index >= 15 is 0 Å². The molecule has 0 radical (unpaired) electrons. The molecule has 0 aromatic heterocycles. The van der Waals surface area contributed by atoms with Gasteiger partial charge in [-0.05, 0) is 93.7 Å². The van der Waals surface area contributed by atoms with Crippen molar-refractivity contribution in [2.24, 2.45) is 0 Å². The highest BCUT2D eigenvalue weighted by Gasteiger charge is 2.16. The van der Waals surface area contributed by atoms with E-state index in [-0.39, 0.29) is 0 Å². The number of benzene rings is 9. The van der Waals surface area contributed by atoms with Crippen LogP contribution in [-0.2, 0) is 0 Å². The monoisotopic (exact) mass is 690 g/mol. The molecule has 2 heteroatoms. The third kappa shape index (κ3) is 6.65. The highest BCUT2D eigenvalue weighted by molar-refractivity contribution is 6.00. The Morgan fingerprint density at radius 1 is 0.259 bits per heavy atom. The molecule has 0 fully saturated rings. The van der Waals surface area contributed by atoms with Gasteiger partial charge in [0.15, 0.2) is 0 Å². The minimum absolute atomic E-state index is 1.12. The van der Waals surface area contributed by atoms with Crippen molar-refractivity contribution in [1.29, 1.82) is 0 Å². The molecule has 0 amide bonds. The molecule has 0 aliphatic heterocycles. The molecule has 9 rings (SSSR count). The smallest absolute Gasteiger partial charge is 0.0540 e. The van der Waals surface area contributed by atoms with Crippen LogP contribution in [0.2, 0.25) is 0 Å². The van der Waals surface area contributed by atoms with Gasteiger partial charge in [-0.2, -0.15) is 0 Å². The standard InChI is InChI=1S/C52H38N2/c1-3-17-45(18-4-1)53(51-23-11-15-43-13-7-9-21-49(43)51)47-35-29-40(30-36-47)26-25-39-27-31-41(32-28-39)42-33-37-48(38-34-42)54(46-19-5-2-6-20-46)52-24-12-16-44-14-8-10-22-50(44)52/h1-38H/b26-25+. The van der Waals surface area contributed by atoms with E-state index in [1.54, 1.807) is 0 Å². The third-order valence-electron chi connectivity index (χ3n) is 10.0. The van der Waals surface area contributed by atoms with Crippen molar-refractivity contribution in [3.8, 4) is 11.1 Å². The molecule has 54 heavy (non-hydrogen) atoms. The maximum absolute atomic E-state index is 2.34. The quantitative estimate of drug-likeness (QED) is 0.139. The van der Waals surface area contributed by atoms with Crippen LogP contribution in [0.25, 0.3) is 44.8 Å². The molecule has 0 aliphatic carbocycles. The average molecular weight is 691 g/mol. The van der Waals surface area contributed by atoms with E-state index in [0.29, 0.717) is 0 Å². The summed E-state index contributed by atoms with van der Waals surface area (Å²) in [5.74, 6) is 0. The SMILES string of the molecule is C(=C\c1ccc(N(c2ccccc2)c2cccc3ccccc23)cc1)/c1ccc(-c2ccc(N(c3ccccc3)c3cccc4ccccc34)cc2)cc1. The molecule has 9 aromatic carbocycles. The molecule has 0 bridgehead atoms. The number of anilines is 6. The molecular weight excluding hydrogens is 653 g/mol. The largest absolute Gasteiger partial charge is 0.310 e. The number of hydrogen-bond donors (Lipinski definition) is 0. The zero-order chi connectivity index (χ0) is 36.1. The maximum Gasteiger partial charge on any atom is 0.0540 e. The molecule has 9 aromatic rings. The van der Waals surface area contributed by atoms with E-state index in [2.05, 4.69) is 240 Å². The third-order valence-corrected chi connectivity index (χ3v) is 10.0. The Bertz CT molecular complexity index is 2670. The van der Waals surface area contributed by atoms with Crippen LogP contribution in [0.4, 0.5) is 34.1 Å². The van der Waals surface area contributed by atoms with Gasteiger partial charge in [-0.15, -0.1) is 0 Å². The van der Waals surface area contributed by atoms with Crippen molar-refractivity contribution in [2.45, 2.75) is 0 Å². The van der Waals surface area contributed by atoms with Crippen molar-refractivity contribution in [3.63, 3.8) is 0 Å². The Balaban J connectivity index is 0.945. The number of rotatable bonds is 9. The van der Waals surface area contributed by atoms with Gasteiger partial charge in [-0.3, -0.25) is 0 Å². The van der Waals surface area contributed by atoms with Crippen molar-refractivity contribution in [2.75, 3.05) is 9.80 Å². The Morgan fingerprint density at radius 2 is 0.593 bits per heavy atom. The summed E-state index contributed by atoms with van der Waals surface area (Å²) >= 11 is 0. The number of hydrogen-bond acceptors (Lipinski definition) is 2. The molecule has 256 valence electrons. The van der Waals surface area contributed by atoms with Gasteiger partial charge < -0.3 is 9.80 Å². The van der Waals surface area contributed by atoms with Crippen LogP contribution in [-0.4, -0.2) is 0 Å². The molecule has 0 heterocycles. The van der Waals surface area contributed by atoms with Crippen LogP contribution >= 0.6 is 0 Å². The lowest BCUT2D eigenvalue weighted by atomic mass is 10.0. The number of fused-ring (bicyclic) bond motifs is 2. The summed E-state index contributed by atoms with van der Waals surface area (Å²) in [5, 5.41) is 4.90. The number of nitrogens with zero attached hydrogens (tertiary/aromatic N) is 2. The molecule has 0 saturated heterocycles. The molecule has 0 atom stereocenters. The lowest BCUT2D eigenvalue weighted by Gasteiger charge is -2.27. The van der Waals surface area contributed by atoms with Gasteiger partial charge in [0, 0.05) is 33.5 Å². The first-order chi connectivity index (χ1) is 26.8. The Morgan fingerprint density at radius 3 is 1.06 bits per heavy atom. The van der Waals surface area contributed by atoms with Crippen molar-refractivity contribution >= 4 is 67.8 Å². The van der Waals surface area contributed by atoms with E-state index in [0.717, 1.165) is 45.3 Å². The van der Waals surface area contributed by atoms with Crippen molar-refractivity contribution < 1.29 is 0 Å². The summed E-state index contributed by atoms with van der Waals surface area (Å²) in [5.41, 5.74) is 11.5. The Kier molecular flexibility index (Phi) is 8.99. The predicted octanol–water partition coefficient (Wildman–Crippen LogP) is 14.8. The predicted molar refractivity (Wildman–Crippen MR) is 232 cm³/mol. The minimum atomic E-state index is 1.12. The van der Waals surface area contributed by atoms with Crippen LogP contribution < -0.4 is 9.80 Å². The van der Waals surface area contributed by atoms with Gasteiger partial charge in [0.1, 0.15) is 0 Å². The van der Waals surface area contributed by atoms with Crippen LogP contribution in [0.1, 0.15) is 11.1 Å².